The van der Waals surface area contributed by atoms with Gasteiger partial charge in [0.2, 0.25) is 10.0 Å². The summed E-state index contributed by atoms with van der Waals surface area (Å²) in [7, 11) is -3.54. The number of carboxylic acids is 1. The Balaban J connectivity index is 2.02. The molecule has 1 amide bonds. The zero-order chi connectivity index (χ0) is 14.9. The summed E-state index contributed by atoms with van der Waals surface area (Å²) in [5.41, 5.74) is 0. The number of aromatic carboxylic acids is 1. The van der Waals surface area contributed by atoms with E-state index in [0.717, 1.165) is 11.3 Å². The third-order valence-corrected chi connectivity index (χ3v) is 5.07. The number of thiophene rings is 1. The Morgan fingerprint density at radius 1 is 1.40 bits per heavy atom. The van der Waals surface area contributed by atoms with Gasteiger partial charge in [-0.1, -0.05) is 0 Å². The van der Waals surface area contributed by atoms with Gasteiger partial charge in [0, 0.05) is 13.1 Å². The number of carboxylic acid groups (broad SMARTS) is 1. The minimum absolute atomic E-state index is 0.105. The molecule has 1 atom stereocenters. The van der Waals surface area contributed by atoms with Gasteiger partial charge in [-0.3, -0.25) is 4.79 Å². The lowest BCUT2D eigenvalue weighted by Gasteiger charge is -2.15. The SMILES string of the molecule is NS(=O)(=O)C[C@H]1CCN(C(=O)c2ccc(C(=O)O)s2)C1. The highest BCUT2D eigenvalue weighted by molar-refractivity contribution is 7.89. The average Bonchev–Trinajstić information content (AvgIpc) is 2.93. The number of nitrogens with two attached hydrogens (primary N) is 1. The van der Waals surface area contributed by atoms with Crippen LogP contribution in [0.5, 0.6) is 0 Å². The highest BCUT2D eigenvalue weighted by atomic mass is 32.2. The van der Waals surface area contributed by atoms with Gasteiger partial charge in [0.1, 0.15) is 4.88 Å². The quantitative estimate of drug-likeness (QED) is 0.822. The summed E-state index contributed by atoms with van der Waals surface area (Å²) in [6, 6.07) is 2.86. The minimum Gasteiger partial charge on any atom is -0.477 e. The summed E-state index contributed by atoms with van der Waals surface area (Å²) >= 11 is 0.917. The molecule has 1 aliphatic rings. The highest BCUT2D eigenvalue weighted by Gasteiger charge is 2.30. The van der Waals surface area contributed by atoms with E-state index in [9.17, 15) is 18.0 Å². The fourth-order valence-corrected chi connectivity index (χ4v) is 3.95. The lowest BCUT2D eigenvalue weighted by atomic mass is 10.2. The van der Waals surface area contributed by atoms with Crippen LogP contribution in [0.2, 0.25) is 0 Å². The van der Waals surface area contributed by atoms with Crippen LogP contribution in [-0.4, -0.2) is 49.1 Å². The molecular weight excluding hydrogens is 304 g/mol. The summed E-state index contributed by atoms with van der Waals surface area (Å²) in [4.78, 5) is 24.9. The number of nitrogens with zero attached hydrogens (tertiary/aromatic N) is 1. The molecule has 7 nitrogen and oxygen atoms in total. The molecule has 3 N–H and O–H groups in total. The molecule has 9 heteroatoms. The number of hydrogen-bond acceptors (Lipinski definition) is 5. The highest BCUT2D eigenvalue weighted by Crippen LogP contribution is 2.23. The van der Waals surface area contributed by atoms with Gasteiger partial charge in [0.25, 0.3) is 5.91 Å². The summed E-state index contributed by atoms with van der Waals surface area (Å²) < 4.78 is 22.0. The first-order chi connectivity index (χ1) is 9.26. The van der Waals surface area contributed by atoms with E-state index in [2.05, 4.69) is 0 Å². The maximum atomic E-state index is 12.2. The number of sulfonamides is 1. The molecule has 0 unspecified atom stereocenters. The van der Waals surface area contributed by atoms with E-state index in [1.807, 2.05) is 0 Å². The monoisotopic (exact) mass is 318 g/mol. The van der Waals surface area contributed by atoms with Gasteiger partial charge in [0.05, 0.1) is 10.6 Å². The number of carbonyl (C=O) groups excluding carboxylic acids is 1. The second-order valence-corrected chi connectivity index (χ2v) is 7.45. The standard InChI is InChI=1S/C11H14N2O5S2/c12-20(17,18)6-7-3-4-13(5-7)10(14)8-1-2-9(19-8)11(15)16/h1-2,7H,3-6H2,(H,15,16)(H2,12,17,18)/t7-/m0/s1. The Hall–Kier alpha value is -1.45. The van der Waals surface area contributed by atoms with Gasteiger partial charge in [0.15, 0.2) is 0 Å². The summed E-state index contributed by atoms with van der Waals surface area (Å²) in [5.74, 6) is -1.63. The summed E-state index contributed by atoms with van der Waals surface area (Å²) in [6.45, 7) is 0.787. The average molecular weight is 318 g/mol. The lowest BCUT2D eigenvalue weighted by Crippen LogP contribution is -2.30. The van der Waals surface area contributed by atoms with Gasteiger partial charge in [-0.25, -0.2) is 18.4 Å². The van der Waals surface area contributed by atoms with Crippen LogP contribution in [0.3, 0.4) is 0 Å². The molecular formula is C11H14N2O5S2. The van der Waals surface area contributed by atoms with E-state index in [0.29, 0.717) is 24.4 Å². The normalized spacial score (nSPS) is 19.2. The number of likely N-dealkylation sites (tertiary alicyclic amines) is 1. The van der Waals surface area contributed by atoms with Gasteiger partial charge in [-0.15, -0.1) is 11.3 Å². The van der Waals surface area contributed by atoms with E-state index in [4.69, 9.17) is 10.2 Å². The Bertz CT molecular complexity index is 637. The van der Waals surface area contributed by atoms with Crippen LogP contribution in [-0.2, 0) is 10.0 Å². The van der Waals surface area contributed by atoms with Crippen molar-refractivity contribution >= 4 is 33.2 Å². The Labute approximate surface area is 120 Å². The molecule has 0 bridgehead atoms. The van der Waals surface area contributed by atoms with Crippen molar-refractivity contribution < 1.29 is 23.1 Å². The molecule has 0 aromatic carbocycles. The molecule has 0 spiro atoms. The van der Waals surface area contributed by atoms with E-state index in [1.165, 1.54) is 17.0 Å². The molecule has 20 heavy (non-hydrogen) atoms. The zero-order valence-corrected chi connectivity index (χ0v) is 12.1. The molecule has 2 heterocycles. The molecule has 1 saturated heterocycles. The first kappa shape index (κ1) is 14.9. The Morgan fingerprint density at radius 2 is 2.05 bits per heavy atom. The first-order valence-electron chi connectivity index (χ1n) is 5.89. The smallest absolute Gasteiger partial charge is 0.345 e. The molecule has 1 aromatic rings. The van der Waals surface area contributed by atoms with Crippen molar-refractivity contribution in [1.82, 2.24) is 4.90 Å². The van der Waals surface area contributed by atoms with Crippen LogP contribution in [0, 0.1) is 5.92 Å². The van der Waals surface area contributed by atoms with Crippen molar-refractivity contribution in [2.75, 3.05) is 18.8 Å². The second-order valence-electron chi connectivity index (χ2n) is 4.70. The topological polar surface area (TPSA) is 118 Å². The molecule has 0 aliphatic carbocycles. The number of hydrogen-bond donors (Lipinski definition) is 2. The zero-order valence-electron chi connectivity index (χ0n) is 10.5. The molecule has 110 valence electrons. The number of primary sulfonamides is 1. The van der Waals surface area contributed by atoms with Gasteiger partial charge < -0.3 is 10.0 Å². The molecule has 1 aromatic heterocycles. The first-order valence-corrected chi connectivity index (χ1v) is 8.42. The molecule has 2 rings (SSSR count). The minimum atomic E-state index is -3.54. The molecule has 1 fully saturated rings. The predicted molar refractivity (Wildman–Crippen MR) is 73.3 cm³/mol. The van der Waals surface area contributed by atoms with Crippen LogP contribution in [0.25, 0.3) is 0 Å². The van der Waals surface area contributed by atoms with E-state index in [-0.39, 0.29) is 22.5 Å². The van der Waals surface area contributed by atoms with E-state index < -0.39 is 16.0 Å². The van der Waals surface area contributed by atoms with Crippen LogP contribution in [0.4, 0.5) is 0 Å². The van der Waals surface area contributed by atoms with Crippen molar-refractivity contribution in [1.29, 1.82) is 0 Å². The third kappa shape index (κ3) is 3.56. The van der Waals surface area contributed by atoms with Crippen molar-refractivity contribution in [3.05, 3.63) is 21.9 Å². The molecule has 1 aliphatic heterocycles. The van der Waals surface area contributed by atoms with E-state index in [1.54, 1.807) is 0 Å². The van der Waals surface area contributed by atoms with Crippen molar-refractivity contribution in [3.8, 4) is 0 Å². The van der Waals surface area contributed by atoms with Gasteiger partial charge in [-0.05, 0) is 24.5 Å². The third-order valence-electron chi connectivity index (χ3n) is 3.07. The fraction of sp³-hybridized carbons (Fsp3) is 0.455. The number of amides is 1. The van der Waals surface area contributed by atoms with Crippen LogP contribution < -0.4 is 5.14 Å². The second kappa shape index (κ2) is 5.51. The molecule has 0 saturated carbocycles. The van der Waals surface area contributed by atoms with E-state index >= 15 is 0 Å². The summed E-state index contributed by atoms with van der Waals surface area (Å²) in [6.07, 6.45) is 0.583. The van der Waals surface area contributed by atoms with Crippen LogP contribution in [0.15, 0.2) is 12.1 Å². The number of carbonyl (C=O) groups is 2. The Kier molecular flexibility index (Phi) is 4.11. The maximum absolute atomic E-state index is 12.2. The predicted octanol–water partition coefficient (Wildman–Crippen LogP) is 0.197. The molecule has 0 radical (unpaired) electrons. The Morgan fingerprint density at radius 3 is 2.60 bits per heavy atom. The van der Waals surface area contributed by atoms with Crippen molar-refractivity contribution in [2.45, 2.75) is 6.42 Å². The summed E-state index contributed by atoms with van der Waals surface area (Å²) in [5, 5.41) is 13.8. The maximum Gasteiger partial charge on any atom is 0.345 e. The van der Waals surface area contributed by atoms with Crippen molar-refractivity contribution in [3.63, 3.8) is 0 Å². The van der Waals surface area contributed by atoms with Gasteiger partial charge in [-0.2, -0.15) is 0 Å². The number of rotatable bonds is 4. The van der Waals surface area contributed by atoms with Crippen molar-refractivity contribution in [2.24, 2.45) is 11.1 Å². The van der Waals surface area contributed by atoms with Crippen LogP contribution in [0.1, 0.15) is 25.8 Å². The largest absolute Gasteiger partial charge is 0.477 e. The fourth-order valence-electron chi connectivity index (χ4n) is 2.21. The van der Waals surface area contributed by atoms with Gasteiger partial charge >= 0.3 is 5.97 Å². The lowest BCUT2D eigenvalue weighted by molar-refractivity contribution is 0.0701. The van der Waals surface area contributed by atoms with Crippen LogP contribution >= 0.6 is 11.3 Å².